The average molecular weight is 301 g/mol. The van der Waals surface area contributed by atoms with Gasteiger partial charge in [0.2, 0.25) is 0 Å². The molecule has 0 fully saturated rings. The number of nitrogens with one attached hydrogen (secondary N) is 2. The smallest absolute Gasteiger partial charge is 0.251 e. The van der Waals surface area contributed by atoms with Gasteiger partial charge in [-0.3, -0.25) is 4.79 Å². The molecule has 0 aromatic heterocycles. The summed E-state index contributed by atoms with van der Waals surface area (Å²) < 4.78 is 0. The van der Waals surface area contributed by atoms with E-state index in [2.05, 4.69) is 23.6 Å². The summed E-state index contributed by atoms with van der Waals surface area (Å²) in [4.78, 5) is 12.2. The Bertz CT molecular complexity index is 684. The second-order valence-corrected chi connectivity index (χ2v) is 5.64. The summed E-state index contributed by atoms with van der Waals surface area (Å²) in [5.41, 5.74) is 3.96. The average Bonchev–Trinajstić information content (AvgIpc) is 2.77. The molecular weight excluding hydrogens is 284 g/mol. The summed E-state index contributed by atoms with van der Waals surface area (Å²) in [7, 11) is 0. The molecule has 1 amide bonds. The van der Waals surface area contributed by atoms with Crippen LogP contribution in [0.25, 0.3) is 0 Å². The van der Waals surface area contributed by atoms with Crippen molar-refractivity contribution in [1.82, 2.24) is 0 Å². The van der Waals surface area contributed by atoms with E-state index in [0.29, 0.717) is 5.02 Å². The lowest BCUT2D eigenvalue weighted by atomic mass is 10.0. The van der Waals surface area contributed by atoms with Crippen molar-refractivity contribution in [3.63, 3.8) is 0 Å². The summed E-state index contributed by atoms with van der Waals surface area (Å²) in [6.07, 6.45) is 2.05. The van der Waals surface area contributed by atoms with E-state index in [9.17, 15) is 4.79 Å². The first-order valence-electron chi connectivity index (χ1n) is 7.14. The van der Waals surface area contributed by atoms with Crippen LogP contribution in [-0.2, 0) is 11.2 Å². The molecule has 3 rings (SSSR count). The van der Waals surface area contributed by atoms with Crippen LogP contribution in [0.15, 0.2) is 42.5 Å². The molecule has 0 saturated heterocycles. The van der Waals surface area contributed by atoms with Crippen molar-refractivity contribution < 1.29 is 4.79 Å². The summed E-state index contributed by atoms with van der Waals surface area (Å²) in [5.74, 6) is -0.0430. The summed E-state index contributed by atoms with van der Waals surface area (Å²) in [6, 6.07) is 13.2. The van der Waals surface area contributed by atoms with Gasteiger partial charge in [-0.1, -0.05) is 43.1 Å². The lowest BCUT2D eigenvalue weighted by molar-refractivity contribution is -0.116. The third-order valence-corrected chi connectivity index (χ3v) is 3.92. The quantitative estimate of drug-likeness (QED) is 0.879. The molecule has 1 unspecified atom stereocenters. The fourth-order valence-electron chi connectivity index (χ4n) is 2.68. The Kier molecular flexibility index (Phi) is 3.84. The fourth-order valence-corrected chi connectivity index (χ4v) is 2.86. The van der Waals surface area contributed by atoms with Gasteiger partial charge in [0.05, 0.1) is 0 Å². The van der Waals surface area contributed by atoms with Crippen molar-refractivity contribution in [3.05, 3.63) is 58.6 Å². The Morgan fingerprint density at radius 3 is 2.86 bits per heavy atom. The number of halogens is 1. The number of rotatable bonds is 4. The number of fused-ring (bicyclic) bond motifs is 1. The molecule has 2 N–H and O–H groups in total. The van der Waals surface area contributed by atoms with E-state index in [1.165, 1.54) is 5.56 Å². The summed E-state index contributed by atoms with van der Waals surface area (Å²) in [6.45, 7) is 2.15. The van der Waals surface area contributed by atoms with Gasteiger partial charge in [0.15, 0.2) is 0 Å². The van der Waals surface area contributed by atoms with Crippen molar-refractivity contribution in [2.24, 2.45) is 0 Å². The Balaban J connectivity index is 1.93. The third-order valence-electron chi connectivity index (χ3n) is 3.68. The highest BCUT2D eigenvalue weighted by molar-refractivity contribution is 6.31. The van der Waals surface area contributed by atoms with Gasteiger partial charge in [-0.05, 0) is 36.2 Å². The molecule has 0 aliphatic carbocycles. The minimum absolute atomic E-state index is 0.0430. The van der Waals surface area contributed by atoms with Crippen LogP contribution in [-0.4, -0.2) is 5.91 Å². The van der Waals surface area contributed by atoms with Gasteiger partial charge in [0.1, 0.15) is 6.04 Å². The number of carbonyl (C=O) groups excluding carboxylic acids is 1. The highest BCUT2D eigenvalue weighted by Gasteiger charge is 2.30. The molecule has 2 aromatic carbocycles. The van der Waals surface area contributed by atoms with Crippen LogP contribution in [0.1, 0.15) is 30.5 Å². The molecule has 0 spiro atoms. The molecule has 108 valence electrons. The normalized spacial score (nSPS) is 16.5. The van der Waals surface area contributed by atoms with E-state index in [-0.39, 0.29) is 5.91 Å². The van der Waals surface area contributed by atoms with Crippen LogP contribution in [0, 0.1) is 0 Å². The van der Waals surface area contributed by atoms with Crippen LogP contribution in [0.3, 0.4) is 0 Å². The van der Waals surface area contributed by atoms with Crippen LogP contribution in [0.4, 0.5) is 11.4 Å². The van der Waals surface area contributed by atoms with E-state index in [1.807, 2.05) is 30.3 Å². The molecule has 0 bridgehead atoms. The number of anilines is 2. The van der Waals surface area contributed by atoms with E-state index in [4.69, 9.17) is 11.6 Å². The number of para-hydroxylation sites is 1. The summed E-state index contributed by atoms with van der Waals surface area (Å²) >= 11 is 6.05. The predicted octanol–water partition coefficient (Wildman–Crippen LogP) is 4.40. The van der Waals surface area contributed by atoms with Gasteiger partial charge in [0, 0.05) is 22.0 Å². The van der Waals surface area contributed by atoms with Gasteiger partial charge in [-0.15, -0.1) is 0 Å². The van der Waals surface area contributed by atoms with Gasteiger partial charge < -0.3 is 10.6 Å². The fraction of sp³-hybridized carbons (Fsp3) is 0.235. The predicted molar refractivity (Wildman–Crippen MR) is 86.9 cm³/mol. The number of hydrogen-bond donors (Lipinski definition) is 2. The second-order valence-electron chi connectivity index (χ2n) is 5.21. The maximum Gasteiger partial charge on any atom is 0.251 e. The molecule has 0 radical (unpaired) electrons. The van der Waals surface area contributed by atoms with Gasteiger partial charge in [-0.2, -0.15) is 0 Å². The largest absolute Gasteiger partial charge is 0.370 e. The van der Waals surface area contributed by atoms with Crippen molar-refractivity contribution >= 4 is 28.9 Å². The minimum Gasteiger partial charge on any atom is -0.370 e. The Morgan fingerprint density at radius 2 is 2.05 bits per heavy atom. The number of aryl methyl sites for hydroxylation is 1. The first kappa shape index (κ1) is 14.0. The Hall–Kier alpha value is -2.00. The van der Waals surface area contributed by atoms with Gasteiger partial charge in [0.25, 0.3) is 5.91 Å². The molecule has 3 nitrogen and oxygen atoms in total. The van der Waals surface area contributed by atoms with E-state index in [1.54, 1.807) is 6.07 Å². The monoisotopic (exact) mass is 300 g/mol. The first-order chi connectivity index (χ1) is 10.2. The Morgan fingerprint density at radius 1 is 1.24 bits per heavy atom. The molecule has 1 aliphatic rings. The summed E-state index contributed by atoms with van der Waals surface area (Å²) in [5, 5.41) is 6.88. The van der Waals surface area contributed by atoms with Crippen LogP contribution >= 0.6 is 11.6 Å². The minimum atomic E-state index is -0.392. The molecule has 0 saturated carbocycles. The van der Waals surface area contributed by atoms with Gasteiger partial charge in [-0.25, -0.2) is 0 Å². The lowest BCUT2D eigenvalue weighted by Gasteiger charge is -2.16. The topological polar surface area (TPSA) is 41.1 Å². The standard InChI is InChI=1S/C17H17ClN2O/c1-2-5-11-6-3-4-7-14(11)19-16-13-10-12(18)8-9-15(13)20-17(16)21/h3-4,6-10,16,19H,2,5H2,1H3,(H,20,21). The molecule has 2 aromatic rings. The highest BCUT2D eigenvalue weighted by Crippen LogP contribution is 2.35. The maximum absolute atomic E-state index is 12.2. The number of benzene rings is 2. The van der Waals surface area contributed by atoms with Crippen molar-refractivity contribution in [2.75, 3.05) is 10.6 Å². The lowest BCUT2D eigenvalue weighted by Crippen LogP contribution is -2.20. The van der Waals surface area contributed by atoms with Crippen molar-refractivity contribution in [2.45, 2.75) is 25.8 Å². The zero-order valence-electron chi connectivity index (χ0n) is 11.8. The molecule has 4 heteroatoms. The van der Waals surface area contributed by atoms with Gasteiger partial charge >= 0.3 is 0 Å². The third kappa shape index (κ3) is 2.74. The SMILES string of the molecule is CCCc1ccccc1NC1C(=O)Nc2ccc(Cl)cc21. The second kappa shape index (κ2) is 5.78. The zero-order chi connectivity index (χ0) is 14.8. The molecular formula is C17H17ClN2O. The highest BCUT2D eigenvalue weighted by atomic mass is 35.5. The van der Waals surface area contributed by atoms with E-state index >= 15 is 0 Å². The Labute approximate surface area is 129 Å². The molecule has 21 heavy (non-hydrogen) atoms. The molecule has 1 aliphatic heterocycles. The van der Waals surface area contributed by atoms with Crippen molar-refractivity contribution in [1.29, 1.82) is 0 Å². The van der Waals surface area contributed by atoms with Crippen LogP contribution in [0.2, 0.25) is 5.02 Å². The number of carbonyl (C=O) groups is 1. The molecule has 1 atom stereocenters. The van der Waals surface area contributed by atoms with Crippen LogP contribution < -0.4 is 10.6 Å². The first-order valence-corrected chi connectivity index (χ1v) is 7.51. The molecule has 1 heterocycles. The zero-order valence-corrected chi connectivity index (χ0v) is 12.6. The number of amides is 1. The maximum atomic E-state index is 12.2. The van der Waals surface area contributed by atoms with Crippen molar-refractivity contribution in [3.8, 4) is 0 Å². The number of hydrogen-bond acceptors (Lipinski definition) is 2. The van der Waals surface area contributed by atoms with E-state index in [0.717, 1.165) is 29.8 Å². The van der Waals surface area contributed by atoms with E-state index < -0.39 is 6.04 Å². The van der Waals surface area contributed by atoms with Crippen LogP contribution in [0.5, 0.6) is 0 Å².